The molecule has 1 atom stereocenters. The van der Waals surface area contributed by atoms with Crippen LogP contribution in [0.4, 0.5) is 0 Å². The number of rotatable bonds is 5. The zero-order valence-corrected chi connectivity index (χ0v) is 14.8. The first kappa shape index (κ1) is 18.1. The van der Waals surface area contributed by atoms with Gasteiger partial charge in [-0.15, -0.1) is 0 Å². The molecule has 0 nitrogen and oxygen atoms in total. The Morgan fingerprint density at radius 2 is 1.25 bits per heavy atom. The van der Waals surface area contributed by atoms with Crippen molar-refractivity contribution in [3.8, 4) is 0 Å². The summed E-state index contributed by atoms with van der Waals surface area (Å²) in [4.78, 5) is 0. The minimum atomic E-state index is 0.935. The van der Waals surface area contributed by atoms with E-state index in [-0.39, 0.29) is 0 Å². The summed E-state index contributed by atoms with van der Waals surface area (Å²) < 4.78 is 0. The standard InChI is InChI=1S/C11H22.C9H18/c1-3-4-7-10(2)11-8-5-6-9-11;1-8(2)9-6-4-3-5-7-9/h10-11H,3-9H2,1-2H3;8-9H,3-7H2,1-2H3. The molecular formula is C20H40. The van der Waals surface area contributed by atoms with Gasteiger partial charge >= 0.3 is 0 Å². The highest BCUT2D eigenvalue weighted by Gasteiger charge is 2.20. The van der Waals surface area contributed by atoms with Gasteiger partial charge < -0.3 is 0 Å². The van der Waals surface area contributed by atoms with Crippen molar-refractivity contribution in [2.75, 3.05) is 0 Å². The van der Waals surface area contributed by atoms with Crippen LogP contribution in [0.1, 0.15) is 105 Å². The maximum Gasteiger partial charge on any atom is -0.0388 e. The van der Waals surface area contributed by atoms with Gasteiger partial charge in [-0.1, -0.05) is 105 Å². The third-order valence-corrected chi connectivity index (χ3v) is 5.81. The number of hydrogen-bond donors (Lipinski definition) is 0. The predicted octanol–water partition coefficient (Wildman–Crippen LogP) is 7.23. The molecule has 0 amide bonds. The molecule has 0 saturated heterocycles. The van der Waals surface area contributed by atoms with E-state index in [2.05, 4.69) is 27.7 Å². The van der Waals surface area contributed by atoms with E-state index < -0.39 is 0 Å². The lowest BCUT2D eigenvalue weighted by Crippen LogP contribution is -2.12. The van der Waals surface area contributed by atoms with Crippen molar-refractivity contribution in [3.05, 3.63) is 0 Å². The van der Waals surface area contributed by atoms with E-state index in [0.29, 0.717) is 0 Å². The van der Waals surface area contributed by atoms with E-state index in [9.17, 15) is 0 Å². The summed E-state index contributed by atoms with van der Waals surface area (Å²) in [5.41, 5.74) is 0. The lowest BCUT2D eigenvalue weighted by Gasteiger charge is -2.24. The maximum atomic E-state index is 2.45. The van der Waals surface area contributed by atoms with Crippen LogP contribution in [0.15, 0.2) is 0 Å². The molecule has 0 aromatic heterocycles. The summed E-state index contributed by atoms with van der Waals surface area (Å²) in [6.07, 6.45) is 17.8. The first-order chi connectivity index (χ1) is 9.65. The molecule has 0 aromatic carbocycles. The lowest BCUT2D eigenvalue weighted by molar-refractivity contribution is 0.279. The van der Waals surface area contributed by atoms with E-state index in [4.69, 9.17) is 0 Å². The lowest BCUT2D eigenvalue weighted by atomic mass is 9.82. The summed E-state index contributed by atoms with van der Waals surface area (Å²) in [5.74, 6) is 4.09. The third kappa shape index (κ3) is 7.14. The van der Waals surface area contributed by atoms with Gasteiger partial charge in [0.25, 0.3) is 0 Å². The molecule has 0 heterocycles. The van der Waals surface area contributed by atoms with Crippen LogP contribution in [0.2, 0.25) is 0 Å². The normalized spacial score (nSPS) is 22.6. The van der Waals surface area contributed by atoms with Crippen molar-refractivity contribution in [1.29, 1.82) is 0 Å². The van der Waals surface area contributed by atoms with Gasteiger partial charge in [0, 0.05) is 0 Å². The summed E-state index contributed by atoms with van der Waals surface area (Å²) >= 11 is 0. The average Bonchev–Trinajstić information content (AvgIpc) is 3.00. The molecule has 2 aliphatic carbocycles. The van der Waals surface area contributed by atoms with Gasteiger partial charge in [-0.3, -0.25) is 0 Å². The van der Waals surface area contributed by atoms with Gasteiger partial charge in [0.1, 0.15) is 0 Å². The Labute approximate surface area is 129 Å². The quantitative estimate of drug-likeness (QED) is 0.498. The Morgan fingerprint density at radius 1 is 0.750 bits per heavy atom. The summed E-state index contributed by atoms with van der Waals surface area (Å²) in [7, 11) is 0. The minimum Gasteiger partial charge on any atom is -0.0654 e. The van der Waals surface area contributed by atoms with E-state index in [0.717, 1.165) is 23.7 Å². The fourth-order valence-corrected chi connectivity index (χ4v) is 4.09. The Kier molecular flexibility index (Phi) is 9.65. The Balaban J connectivity index is 0.000000204. The summed E-state index contributed by atoms with van der Waals surface area (Å²) in [6, 6.07) is 0. The second kappa shape index (κ2) is 10.7. The highest BCUT2D eigenvalue weighted by atomic mass is 14.3. The maximum absolute atomic E-state index is 2.45. The van der Waals surface area contributed by atoms with Crippen molar-refractivity contribution in [2.24, 2.45) is 23.7 Å². The topological polar surface area (TPSA) is 0 Å². The minimum absolute atomic E-state index is 0.935. The number of unbranched alkanes of at least 4 members (excludes halogenated alkanes) is 1. The van der Waals surface area contributed by atoms with E-state index in [1.807, 2.05) is 0 Å². The van der Waals surface area contributed by atoms with Crippen molar-refractivity contribution in [1.82, 2.24) is 0 Å². The fourth-order valence-electron chi connectivity index (χ4n) is 4.09. The third-order valence-electron chi connectivity index (χ3n) is 5.81. The van der Waals surface area contributed by atoms with Gasteiger partial charge in [-0.05, 0) is 23.7 Å². The van der Waals surface area contributed by atoms with Crippen LogP contribution in [0.5, 0.6) is 0 Å². The second-order valence-corrected chi connectivity index (χ2v) is 7.81. The summed E-state index contributed by atoms with van der Waals surface area (Å²) in [5, 5.41) is 0. The van der Waals surface area contributed by atoms with Crippen molar-refractivity contribution in [2.45, 2.75) is 105 Å². The molecule has 0 spiro atoms. The van der Waals surface area contributed by atoms with Crippen molar-refractivity contribution < 1.29 is 0 Å². The summed E-state index contributed by atoms with van der Waals surface area (Å²) in [6.45, 7) is 9.46. The molecule has 2 saturated carbocycles. The Morgan fingerprint density at radius 3 is 1.70 bits per heavy atom. The monoisotopic (exact) mass is 280 g/mol. The number of hydrogen-bond acceptors (Lipinski definition) is 0. The van der Waals surface area contributed by atoms with Crippen molar-refractivity contribution >= 4 is 0 Å². The van der Waals surface area contributed by atoms with Crippen LogP contribution in [-0.2, 0) is 0 Å². The van der Waals surface area contributed by atoms with E-state index >= 15 is 0 Å². The SMILES string of the molecule is CC(C)C1CCCCC1.CCCCC(C)C1CCCC1. The molecule has 120 valence electrons. The second-order valence-electron chi connectivity index (χ2n) is 7.81. The zero-order valence-electron chi connectivity index (χ0n) is 14.8. The van der Waals surface area contributed by atoms with Crippen LogP contribution in [0.25, 0.3) is 0 Å². The van der Waals surface area contributed by atoms with E-state index in [1.54, 1.807) is 0 Å². The van der Waals surface area contributed by atoms with Crippen LogP contribution < -0.4 is 0 Å². The smallest absolute Gasteiger partial charge is 0.0388 e. The Bertz CT molecular complexity index is 206. The molecule has 0 N–H and O–H groups in total. The van der Waals surface area contributed by atoms with Gasteiger partial charge in [0.05, 0.1) is 0 Å². The zero-order chi connectivity index (χ0) is 14.8. The molecular weight excluding hydrogens is 240 g/mol. The molecule has 0 aliphatic heterocycles. The molecule has 2 fully saturated rings. The van der Waals surface area contributed by atoms with Gasteiger partial charge in [0.2, 0.25) is 0 Å². The first-order valence-corrected chi connectivity index (χ1v) is 9.65. The van der Waals surface area contributed by atoms with Gasteiger partial charge in [-0.2, -0.15) is 0 Å². The van der Waals surface area contributed by atoms with Gasteiger partial charge in [-0.25, -0.2) is 0 Å². The van der Waals surface area contributed by atoms with Gasteiger partial charge in [0.15, 0.2) is 0 Å². The molecule has 0 heteroatoms. The molecule has 2 aliphatic rings. The highest BCUT2D eigenvalue weighted by molar-refractivity contribution is 4.72. The van der Waals surface area contributed by atoms with Crippen LogP contribution in [0, 0.1) is 23.7 Å². The Hall–Kier alpha value is 0. The molecule has 1 unspecified atom stereocenters. The molecule has 2 rings (SSSR count). The highest BCUT2D eigenvalue weighted by Crippen LogP contribution is 2.33. The van der Waals surface area contributed by atoms with Crippen LogP contribution >= 0.6 is 0 Å². The first-order valence-electron chi connectivity index (χ1n) is 9.65. The van der Waals surface area contributed by atoms with Crippen molar-refractivity contribution in [3.63, 3.8) is 0 Å². The van der Waals surface area contributed by atoms with Crippen LogP contribution in [0.3, 0.4) is 0 Å². The average molecular weight is 281 g/mol. The largest absolute Gasteiger partial charge is 0.0654 e. The molecule has 0 radical (unpaired) electrons. The molecule has 20 heavy (non-hydrogen) atoms. The molecule has 0 aromatic rings. The van der Waals surface area contributed by atoms with Crippen LogP contribution in [-0.4, -0.2) is 0 Å². The molecule has 0 bridgehead atoms. The fraction of sp³-hybridized carbons (Fsp3) is 1.00. The predicted molar refractivity (Wildman–Crippen MR) is 92.1 cm³/mol. The van der Waals surface area contributed by atoms with E-state index in [1.165, 1.54) is 77.0 Å².